The van der Waals surface area contributed by atoms with Crippen molar-refractivity contribution >= 4 is 39.5 Å². The number of aliphatic hydroxyl groups is 1. The fourth-order valence-corrected chi connectivity index (χ4v) is 15.2. The fourth-order valence-electron chi connectivity index (χ4n) is 13.6. The maximum absolute atomic E-state index is 13.2. The second kappa shape index (κ2) is 76.7. The first-order valence-corrected chi connectivity index (χ1v) is 48.3. The van der Waals surface area contributed by atoms with Crippen LogP contribution in [0, 0.1) is 23.7 Å². The highest BCUT2D eigenvalue weighted by molar-refractivity contribution is 7.47. The van der Waals surface area contributed by atoms with Gasteiger partial charge in [0.25, 0.3) is 0 Å². The van der Waals surface area contributed by atoms with Crippen molar-refractivity contribution in [1.82, 2.24) is 0 Å². The Kier molecular flexibility index (Phi) is 75.3. The predicted octanol–water partition coefficient (Wildman–Crippen LogP) is 26.7. The maximum atomic E-state index is 13.2. The average molecular weight is 1560 g/mol. The van der Waals surface area contributed by atoms with E-state index in [0.717, 1.165) is 120 Å². The molecule has 0 rings (SSSR count). The van der Waals surface area contributed by atoms with Crippen LogP contribution in [0.4, 0.5) is 0 Å². The number of hydrogen-bond acceptors (Lipinski definition) is 15. The van der Waals surface area contributed by atoms with Crippen LogP contribution in [0.25, 0.3) is 0 Å². The summed E-state index contributed by atoms with van der Waals surface area (Å²) in [6.07, 6.45) is 66.6. The zero-order valence-electron chi connectivity index (χ0n) is 70.8. The number of carbonyl (C=O) groups is 4. The molecular formula is C88H172O17P2. The van der Waals surface area contributed by atoms with Crippen molar-refractivity contribution in [3.05, 3.63) is 0 Å². The van der Waals surface area contributed by atoms with Gasteiger partial charge in [0.05, 0.1) is 26.4 Å². The second-order valence-electron chi connectivity index (χ2n) is 33.1. The number of aliphatic hydroxyl groups excluding tert-OH is 1. The third-order valence-corrected chi connectivity index (χ3v) is 23.2. The molecule has 0 spiro atoms. The van der Waals surface area contributed by atoms with Crippen LogP contribution in [0.1, 0.15) is 460 Å². The van der Waals surface area contributed by atoms with Crippen LogP contribution in [-0.2, 0) is 65.4 Å². The Hall–Kier alpha value is -1.94. The Morgan fingerprint density at radius 3 is 0.664 bits per heavy atom. The van der Waals surface area contributed by atoms with Crippen LogP contribution in [-0.4, -0.2) is 96.7 Å². The maximum Gasteiger partial charge on any atom is 0.472 e. The minimum atomic E-state index is -4.97. The molecule has 4 unspecified atom stereocenters. The van der Waals surface area contributed by atoms with Crippen molar-refractivity contribution in [1.29, 1.82) is 0 Å². The smallest absolute Gasteiger partial charge is 0.462 e. The Morgan fingerprint density at radius 1 is 0.262 bits per heavy atom. The van der Waals surface area contributed by atoms with Gasteiger partial charge < -0.3 is 33.8 Å². The van der Waals surface area contributed by atoms with E-state index in [1.54, 1.807) is 0 Å². The van der Waals surface area contributed by atoms with Crippen molar-refractivity contribution in [3.63, 3.8) is 0 Å². The van der Waals surface area contributed by atoms with E-state index < -0.39 is 97.5 Å². The van der Waals surface area contributed by atoms with Crippen molar-refractivity contribution in [2.75, 3.05) is 39.6 Å². The molecule has 17 nitrogen and oxygen atoms in total. The molecule has 19 heteroatoms. The number of esters is 4. The highest BCUT2D eigenvalue weighted by atomic mass is 31.2. The molecule has 107 heavy (non-hydrogen) atoms. The van der Waals surface area contributed by atoms with Gasteiger partial charge in [-0.15, -0.1) is 0 Å². The van der Waals surface area contributed by atoms with Crippen LogP contribution in [0.5, 0.6) is 0 Å². The Balaban J connectivity index is 5.22. The van der Waals surface area contributed by atoms with E-state index in [2.05, 4.69) is 55.4 Å². The van der Waals surface area contributed by atoms with Gasteiger partial charge in [-0.2, -0.15) is 0 Å². The lowest BCUT2D eigenvalue weighted by Crippen LogP contribution is -2.30. The molecule has 7 atom stereocenters. The van der Waals surface area contributed by atoms with E-state index in [1.165, 1.54) is 257 Å². The molecule has 0 fully saturated rings. The minimum Gasteiger partial charge on any atom is -0.462 e. The summed E-state index contributed by atoms with van der Waals surface area (Å²) < 4.78 is 69.0. The van der Waals surface area contributed by atoms with E-state index in [0.29, 0.717) is 25.7 Å². The molecule has 636 valence electrons. The highest BCUT2D eigenvalue weighted by Crippen LogP contribution is 2.45. The fraction of sp³-hybridized carbons (Fsp3) is 0.955. The van der Waals surface area contributed by atoms with Crippen LogP contribution in [0.2, 0.25) is 0 Å². The molecule has 0 aliphatic heterocycles. The van der Waals surface area contributed by atoms with Crippen LogP contribution < -0.4 is 0 Å². The summed E-state index contributed by atoms with van der Waals surface area (Å²) in [4.78, 5) is 73.3. The third-order valence-electron chi connectivity index (χ3n) is 21.3. The normalized spacial score (nSPS) is 14.4. The molecule has 3 N–H and O–H groups in total. The average Bonchev–Trinajstić information content (AvgIpc) is 0.902. The lowest BCUT2D eigenvalue weighted by atomic mass is 9.99. The van der Waals surface area contributed by atoms with Crippen molar-refractivity contribution in [3.8, 4) is 0 Å². The molecule has 0 saturated carbocycles. The first kappa shape index (κ1) is 105. The summed E-state index contributed by atoms with van der Waals surface area (Å²) in [7, 11) is -9.93. The second-order valence-corrected chi connectivity index (χ2v) is 36.0. The van der Waals surface area contributed by atoms with Gasteiger partial charge in [-0.25, -0.2) is 9.13 Å². The third kappa shape index (κ3) is 79.1. The molecule has 0 aliphatic carbocycles. The zero-order chi connectivity index (χ0) is 78.8. The Bertz CT molecular complexity index is 2080. The van der Waals surface area contributed by atoms with Gasteiger partial charge in [-0.3, -0.25) is 37.3 Å². The summed E-state index contributed by atoms with van der Waals surface area (Å²) in [6.45, 7) is 14.4. The molecule has 0 bridgehead atoms. The number of phosphoric acid groups is 2. The van der Waals surface area contributed by atoms with Crippen LogP contribution in [0.15, 0.2) is 0 Å². The molecule has 0 radical (unpaired) electrons. The van der Waals surface area contributed by atoms with Crippen molar-refractivity contribution in [2.45, 2.75) is 478 Å². The molecule has 0 aromatic heterocycles. The topological polar surface area (TPSA) is 237 Å². The largest absolute Gasteiger partial charge is 0.472 e. The molecule has 0 heterocycles. The first-order chi connectivity index (χ1) is 51.7. The SMILES string of the molecule is CCC(C)CCCCCCCCCCCCCCCCC(=O)O[C@H](COC(=O)CCCCCCCCCCCCCCCCCC(C)C)COP(=O)(O)OC[C@@H](O)COP(=O)(O)OC[C@@H](COC(=O)CCCCCCCCC(C)CC)OC(=O)CCCCCCCCCCCCCCCCCCCCC(C)C. The van der Waals surface area contributed by atoms with Crippen molar-refractivity contribution in [2.24, 2.45) is 23.7 Å². The first-order valence-electron chi connectivity index (χ1n) is 45.3. The standard InChI is InChI=1S/C88H172O17P2/c1-9-80(7)66-58-50-42-36-30-24-20-21-27-33-39-45-55-63-70-87(92)104-83(74-98-85(90)68-60-52-43-37-31-25-19-15-17-23-29-35-41-49-57-65-79(5)6)76-102-106(94,95)100-72-82(89)73-101-107(96,97)103-77-84(75-99-86(91)69-61-53-47-46-51-59-67-81(8)10-2)105-88(93)71-62-54-44-38-32-26-18-14-12-11-13-16-22-28-34-40-48-56-64-78(3)4/h78-84,89H,9-77H2,1-8H3,(H,94,95)(H,96,97)/t80?,81?,82-,83-,84-/m1/s1. The Labute approximate surface area is 658 Å². The van der Waals surface area contributed by atoms with Gasteiger partial charge in [-0.1, -0.05) is 409 Å². The minimum absolute atomic E-state index is 0.107. The van der Waals surface area contributed by atoms with Crippen molar-refractivity contribution < 1.29 is 80.2 Å². The molecule has 0 amide bonds. The lowest BCUT2D eigenvalue weighted by Gasteiger charge is -2.21. The summed E-state index contributed by atoms with van der Waals surface area (Å²) in [5.74, 6) is 1.10. The number of phosphoric ester groups is 2. The summed E-state index contributed by atoms with van der Waals surface area (Å²) >= 11 is 0. The van der Waals surface area contributed by atoms with Gasteiger partial charge >= 0.3 is 39.5 Å². The summed E-state index contributed by atoms with van der Waals surface area (Å²) in [6, 6.07) is 0. The molecule has 0 aromatic carbocycles. The van der Waals surface area contributed by atoms with Gasteiger partial charge in [0.15, 0.2) is 12.2 Å². The Morgan fingerprint density at radius 2 is 0.449 bits per heavy atom. The predicted molar refractivity (Wildman–Crippen MR) is 441 cm³/mol. The van der Waals surface area contributed by atoms with Gasteiger partial charge in [0, 0.05) is 25.7 Å². The van der Waals surface area contributed by atoms with E-state index in [9.17, 15) is 43.2 Å². The van der Waals surface area contributed by atoms with E-state index in [-0.39, 0.29) is 25.7 Å². The van der Waals surface area contributed by atoms with Gasteiger partial charge in [-0.05, 0) is 49.4 Å². The molecule has 0 aromatic rings. The van der Waals surface area contributed by atoms with Crippen LogP contribution in [0.3, 0.4) is 0 Å². The number of ether oxygens (including phenoxy) is 4. The zero-order valence-corrected chi connectivity index (χ0v) is 72.6. The molecular weight excluding hydrogens is 1390 g/mol. The quantitative estimate of drug-likeness (QED) is 0.0222. The number of hydrogen-bond donors (Lipinski definition) is 3. The van der Waals surface area contributed by atoms with E-state index in [1.807, 2.05) is 0 Å². The summed E-state index contributed by atoms with van der Waals surface area (Å²) in [5, 5.41) is 10.7. The number of unbranched alkanes of at least 4 members (excludes halogenated alkanes) is 49. The highest BCUT2D eigenvalue weighted by Gasteiger charge is 2.31. The van der Waals surface area contributed by atoms with Gasteiger partial charge in [0.1, 0.15) is 19.3 Å². The number of rotatable bonds is 85. The molecule has 0 saturated heterocycles. The van der Waals surface area contributed by atoms with Gasteiger partial charge in [0.2, 0.25) is 0 Å². The summed E-state index contributed by atoms with van der Waals surface area (Å²) in [5.41, 5.74) is 0. The monoisotopic (exact) mass is 1560 g/mol. The van der Waals surface area contributed by atoms with E-state index in [4.69, 9.17) is 37.0 Å². The lowest BCUT2D eigenvalue weighted by molar-refractivity contribution is -0.161. The van der Waals surface area contributed by atoms with Crippen LogP contribution >= 0.6 is 15.6 Å². The molecule has 0 aliphatic rings. The number of carbonyl (C=O) groups excluding carboxylic acids is 4. The van der Waals surface area contributed by atoms with E-state index >= 15 is 0 Å².